The van der Waals surface area contributed by atoms with Crippen molar-refractivity contribution in [1.29, 1.82) is 0 Å². The van der Waals surface area contributed by atoms with Gasteiger partial charge in [-0.05, 0) is 114 Å². The normalized spacial score (nSPS) is 39.0. The number of rotatable bonds is 4. The van der Waals surface area contributed by atoms with Crippen LogP contribution in [-0.4, -0.2) is 29.6 Å². The number of ketones is 1. The molecule has 5 atom stereocenters. The molecule has 1 aliphatic heterocycles. The SMILES string of the molecule is CC(C)(C)OCCC[C@H]1C[C@@]2(C)C(CC[C@@]23CCC(=O)O3)C2CCC3=CC(=O)CCC3=C21. The van der Waals surface area contributed by atoms with Gasteiger partial charge in [-0.1, -0.05) is 12.5 Å². The van der Waals surface area contributed by atoms with Crippen molar-refractivity contribution in [2.75, 3.05) is 6.61 Å². The first-order valence-corrected chi connectivity index (χ1v) is 12.9. The first-order chi connectivity index (χ1) is 15.1. The summed E-state index contributed by atoms with van der Waals surface area (Å²) >= 11 is 0. The average Bonchev–Trinajstić information content (AvgIpc) is 3.24. The summed E-state index contributed by atoms with van der Waals surface area (Å²) in [7, 11) is 0. The molecule has 4 nitrogen and oxygen atoms in total. The second kappa shape index (κ2) is 7.82. The van der Waals surface area contributed by atoms with Gasteiger partial charge in [0.2, 0.25) is 0 Å². The molecule has 0 radical (unpaired) electrons. The fourth-order valence-corrected chi connectivity index (χ4v) is 8.08. The maximum atomic E-state index is 12.2. The zero-order valence-electron chi connectivity index (χ0n) is 20.4. The van der Waals surface area contributed by atoms with Crippen LogP contribution < -0.4 is 0 Å². The number of carbonyl (C=O) groups is 2. The van der Waals surface area contributed by atoms with Gasteiger partial charge in [-0.15, -0.1) is 0 Å². The average molecular weight is 441 g/mol. The van der Waals surface area contributed by atoms with Gasteiger partial charge in [0.15, 0.2) is 5.78 Å². The second-order valence-corrected chi connectivity index (χ2v) is 12.3. The summed E-state index contributed by atoms with van der Waals surface area (Å²) in [6.07, 6.45) is 12.7. The molecule has 0 amide bonds. The number of hydrogen-bond donors (Lipinski definition) is 0. The van der Waals surface area contributed by atoms with E-state index in [9.17, 15) is 9.59 Å². The molecule has 32 heavy (non-hydrogen) atoms. The number of carbonyl (C=O) groups excluding carboxylic acids is 2. The molecule has 176 valence electrons. The van der Waals surface area contributed by atoms with Crippen LogP contribution in [0.4, 0.5) is 0 Å². The molecule has 1 spiro atoms. The molecule has 0 bridgehead atoms. The Morgan fingerprint density at radius 1 is 1.09 bits per heavy atom. The van der Waals surface area contributed by atoms with E-state index in [0.29, 0.717) is 36.4 Å². The zero-order chi connectivity index (χ0) is 22.7. The van der Waals surface area contributed by atoms with E-state index in [4.69, 9.17) is 9.47 Å². The minimum atomic E-state index is -0.246. The molecular formula is C28H40O4. The third-order valence-corrected chi connectivity index (χ3v) is 9.41. The molecule has 0 aromatic heterocycles. The number of fused-ring (bicyclic) bond motifs is 5. The van der Waals surface area contributed by atoms with Crippen LogP contribution in [0.1, 0.15) is 98.3 Å². The quantitative estimate of drug-likeness (QED) is 0.392. The highest BCUT2D eigenvalue weighted by Gasteiger charge is 2.66. The van der Waals surface area contributed by atoms with E-state index in [0.717, 1.165) is 58.0 Å². The lowest BCUT2D eigenvalue weighted by atomic mass is 9.51. The van der Waals surface area contributed by atoms with Crippen molar-refractivity contribution >= 4 is 11.8 Å². The van der Waals surface area contributed by atoms with Crippen LogP contribution in [0.2, 0.25) is 0 Å². The van der Waals surface area contributed by atoms with Crippen molar-refractivity contribution in [1.82, 2.24) is 0 Å². The lowest BCUT2D eigenvalue weighted by molar-refractivity contribution is -0.163. The highest BCUT2D eigenvalue weighted by Crippen LogP contribution is 2.68. The van der Waals surface area contributed by atoms with E-state index in [1.807, 2.05) is 6.08 Å². The van der Waals surface area contributed by atoms with E-state index in [1.165, 1.54) is 17.6 Å². The lowest BCUT2D eigenvalue weighted by Crippen LogP contribution is -2.52. The molecular weight excluding hydrogens is 400 g/mol. The Hall–Kier alpha value is -1.42. The number of allylic oxidation sites excluding steroid dienone is 4. The summed E-state index contributed by atoms with van der Waals surface area (Å²) in [6, 6.07) is 0. The van der Waals surface area contributed by atoms with E-state index in [-0.39, 0.29) is 22.6 Å². The Morgan fingerprint density at radius 3 is 2.62 bits per heavy atom. The predicted octanol–water partition coefficient (Wildman–Crippen LogP) is 6.09. The van der Waals surface area contributed by atoms with Gasteiger partial charge in [-0.25, -0.2) is 0 Å². The first-order valence-electron chi connectivity index (χ1n) is 12.9. The summed E-state index contributed by atoms with van der Waals surface area (Å²) in [5.74, 6) is 1.99. The molecule has 1 saturated heterocycles. The monoisotopic (exact) mass is 440 g/mol. The topological polar surface area (TPSA) is 52.6 Å². The van der Waals surface area contributed by atoms with Gasteiger partial charge < -0.3 is 9.47 Å². The molecule has 3 fully saturated rings. The Labute approximate surface area is 193 Å². The summed E-state index contributed by atoms with van der Waals surface area (Å²) < 4.78 is 12.2. The van der Waals surface area contributed by atoms with Gasteiger partial charge in [0.1, 0.15) is 5.60 Å². The molecule has 0 N–H and O–H groups in total. The van der Waals surface area contributed by atoms with Gasteiger partial charge >= 0.3 is 5.97 Å². The van der Waals surface area contributed by atoms with Gasteiger partial charge in [0, 0.05) is 24.9 Å². The van der Waals surface area contributed by atoms with Crippen LogP contribution in [0.3, 0.4) is 0 Å². The third kappa shape index (κ3) is 3.61. The van der Waals surface area contributed by atoms with Crippen molar-refractivity contribution in [2.24, 2.45) is 23.2 Å². The fourth-order valence-electron chi connectivity index (χ4n) is 8.08. The summed E-state index contributed by atoms with van der Waals surface area (Å²) in [6.45, 7) is 9.59. The number of esters is 1. The number of ether oxygens (including phenoxy) is 2. The molecule has 0 aromatic carbocycles. The summed E-state index contributed by atoms with van der Waals surface area (Å²) in [5.41, 5.74) is 4.24. The molecule has 5 rings (SSSR count). The van der Waals surface area contributed by atoms with E-state index in [1.54, 1.807) is 5.57 Å². The molecule has 2 saturated carbocycles. The van der Waals surface area contributed by atoms with E-state index < -0.39 is 0 Å². The third-order valence-electron chi connectivity index (χ3n) is 9.41. The minimum absolute atomic E-state index is 0.00538. The minimum Gasteiger partial charge on any atom is -0.458 e. The molecule has 4 heteroatoms. The molecule has 4 aliphatic carbocycles. The van der Waals surface area contributed by atoms with Crippen LogP contribution in [0, 0.1) is 23.2 Å². The smallest absolute Gasteiger partial charge is 0.306 e. The Kier molecular flexibility index (Phi) is 5.47. The highest BCUT2D eigenvalue weighted by atomic mass is 16.6. The van der Waals surface area contributed by atoms with Crippen molar-refractivity contribution < 1.29 is 19.1 Å². The molecule has 2 unspecified atom stereocenters. The van der Waals surface area contributed by atoms with E-state index in [2.05, 4.69) is 27.7 Å². The lowest BCUT2D eigenvalue weighted by Gasteiger charge is -2.54. The highest BCUT2D eigenvalue weighted by molar-refractivity contribution is 5.93. The van der Waals surface area contributed by atoms with Crippen LogP contribution >= 0.6 is 0 Å². The maximum absolute atomic E-state index is 12.2. The summed E-state index contributed by atoms with van der Waals surface area (Å²) in [5, 5.41) is 0. The Balaban J connectivity index is 1.48. The van der Waals surface area contributed by atoms with Crippen molar-refractivity contribution in [3.05, 3.63) is 22.8 Å². The molecule has 1 heterocycles. The Morgan fingerprint density at radius 2 is 1.91 bits per heavy atom. The standard InChI is InChI=1S/C28H40O4/c1-26(2,3)31-15-5-6-19-17-27(4)23(11-13-28(27)14-12-24(30)32-28)22-9-7-18-16-20(29)8-10-21(18)25(19)22/h16,19,22-23H,5-15,17H2,1-4H3/t19-,22?,23?,27-,28+/m0/s1. The van der Waals surface area contributed by atoms with E-state index >= 15 is 0 Å². The largest absolute Gasteiger partial charge is 0.458 e. The fraction of sp³-hybridized carbons (Fsp3) is 0.786. The van der Waals surface area contributed by atoms with Gasteiger partial charge in [-0.2, -0.15) is 0 Å². The van der Waals surface area contributed by atoms with Gasteiger partial charge in [0.05, 0.1) is 5.60 Å². The van der Waals surface area contributed by atoms with Crippen LogP contribution in [0.25, 0.3) is 0 Å². The molecule has 0 aromatic rings. The van der Waals surface area contributed by atoms with Crippen LogP contribution in [0.15, 0.2) is 22.8 Å². The van der Waals surface area contributed by atoms with Gasteiger partial charge in [0.25, 0.3) is 0 Å². The number of hydrogen-bond acceptors (Lipinski definition) is 4. The molecule has 5 aliphatic rings. The van der Waals surface area contributed by atoms with Crippen molar-refractivity contribution in [3.8, 4) is 0 Å². The predicted molar refractivity (Wildman–Crippen MR) is 124 cm³/mol. The second-order valence-electron chi connectivity index (χ2n) is 12.3. The maximum Gasteiger partial charge on any atom is 0.306 e. The van der Waals surface area contributed by atoms with Crippen molar-refractivity contribution in [3.63, 3.8) is 0 Å². The summed E-state index contributed by atoms with van der Waals surface area (Å²) in [4.78, 5) is 24.4. The van der Waals surface area contributed by atoms with Gasteiger partial charge in [-0.3, -0.25) is 9.59 Å². The zero-order valence-corrected chi connectivity index (χ0v) is 20.4. The van der Waals surface area contributed by atoms with Crippen LogP contribution in [-0.2, 0) is 19.1 Å². The van der Waals surface area contributed by atoms with Crippen LogP contribution in [0.5, 0.6) is 0 Å². The van der Waals surface area contributed by atoms with Crippen molar-refractivity contribution in [2.45, 2.75) is 110 Å². The Bertz CT molecular complexity index is 874. The first kappa shape index (κ1) is 22.4.